The minimum atomic E-state index is -4.57. The van der Waals surface area contributed by atoms with Crippen LogP contribution >= 0.6 is 0 Å². The number of aliphatic hydroxyl groups is 1. The molecule has 0 saturated carbocycles. The number of halogens is 3. The van der Waals surface area contributed by atoms with Crippen molar-refractivity contribution in [2.75, 3.05) is 11.9 Å². The maximum absolute atomic E-state index is 12.9. The highest BCUT2D eigenvalue weighted by Gasteiger charge is 2.52. The summed E-state index contributed by atoms with van der Waals surface area (Å²) >= 11 is 0. The molecule has 9 nitrogen and oxygen atoms in total. The Labute approximate surface area is 170 Å². The highest BCUT2D eigenvalue weighted by molar-refractivity contribution is 5.29. The van der Waals surface area contributed by atoms with Crippen molar-refractivity contribution in [3.63, 3.8) is 0 Å². The summed E-state index contributed by atoms with van der Waals surface area (Å²) in [7, 11) is 0. The van der Waals surface area contributed by atoms with E-state index in [0.29, 0.717) is 12.1 Å². The molecule has 4 rings (SSSR count). The normalized spacial score (nSPS) is 28.3. The fourth-order valence-corrected chi connectivity index (χ4v) is 3.64. The lowest BCUT2D eigenvalue weighted by Crippen LogP contribution is -2.55. The van der Waals surface area contributed by atoms with E-state index < -0.39 is 42.0 Å². The Balaban J connectivity index is 1.50. The van der Waals surface area contributed by atoms with Crippen molar-refractivity contribution in [2.24, 2.45) is 0 Å². The van der Waals surface area contributed by atoms with Crippen LogP contribution in [-0.2, 0) is 33.5 Å². The zero-order valence-corrected chi connectivity index (χ0v) is 16.3. The summed E-state index contributed by atoms with van der Waals surface area (Å²) < 4.78 is 58.4. The van der Waals surface area contributed by atoms with Crippen LogP contribution in [0.1, 0.15) is 25.1 Å². The fourth-order valence-electron chi connectivity index (χ4n) is 3.64. The second-order valence-electron chi connectivity index (χ2n) is 7.68. The largest absolute Gasteiger partial charge is 0.433 e. The maximum Gasteiger partial charge on any atom is 0.433 e. The van der Waals surface area contributed by atoms with Gasteiger partial charge in [-0.2, -0.15) is 18.3 Å². The molecule has 0 aliphatic carbocycles. The van der Waals surface area contributed by atoms with Gasteiger partial charge in [0.05, 0.1) is 32.0 Å². The van der Waals surface area contributed by atoms with E-state index in [-0.39, 0.29) is 19.2 Å². The third kappa shape index (κ3) is 4.41. The summed E-state index contributed by atoms with van der Waals surface area (Å²) in [6, 6.07) is 0.298. The van der Waals surface area contributed by atoms with Crippen LogP contribution in [0.3, 0.4) is 0 Å². The predicted octanol–water partition coefficient (Wildman–Crippen LogP) is 1.58. The summed E-state index contributed by atoms with van der Waals surface area (Å²) in [6.07, 6.45) is -1.63. The molecule has 2 aliphatic heterocycles. The Morgan fingerprint density at radius 1 is 1.30 bits per heavy atom. The number of nitrogens with one attached hydrogen (secondary N) is 1. The zero-order chi connectivity index (χ0) is 21.5. The first-order chi connectivity index (χ1) is 14.1. The van der Waals surface area contributed by atoms with Gasteiger partial charge >= 0.3 is 6.18 Å². The summed E-state index contributed by atoms with van der Waals surface area (Å²) in [5, 5.41) is 16.3. The number of hydrogen-bond donors (Lipinski definition) is 2. The summed E-state index contributed by atoms with van der Waals surface area (Å²) in [4.78, 5) is 7.44. The van der Waals surface area contributed by atoms with Crippen LogP contribution in [-0.4, -0.2) is 61.6 Å². The molecule has 2 aromatic rings. The van der Waals surface area contributed by atoms with Crippen molar-refractivity contribution in [2.45, 2.75) is 63.3 Å². The van der Waals surface area contributed by atoms with Crippen molar-refractivity contribution in [3.8, 4) is 0 Å². The van der Waals surface area contributed by atoms with E-state index in [1.165, 1.54) is 0 Å². The molecule has 4 atom stereocenters. The number of aliphatic hydroxyl groups excluding tert-OH is 1. The maximum atomic E-state index is 12.9. The highest BCUT2D eigenvalue weighted by Crippen LogP contribution is 2.37. The standard InChI is InChI=1S/C18H22F3N5O4/c1-17(2)29-14-11(24-16-22-4-3-13(25-16)18(19,20)21)9-28-12(15(14)30-17)7-26-6-10(8-27)5-23-26/h3-6,11-12,14-15,27H,7-9H2,1-2H3,(H,22,24,25)/t11-,12+,14+,15-/m0/s1. The lowest BCUT2D eigenvalue weighted by Gasteiger charge is -2.37. The Morgan fingerprint density at radius 3 is 2.77 bits per heavy atom. The minimum Gasteiger partial charge on any atom is -0.392 e. The molecule has 2 fully saturated rings. The lowest BCUT2D eigenvalue weighted by atomic mass is 9.98. The molecule has 2 N–H and O–H groups in total. The van der Waals surface area contributed by atoms with Crippen molar-refractivity contribution >= 4 is 5.95 Å². The first-order valence-corrected chi connectivity index (χ1v) is 9.41. The van der Waals surface area contributed by atoms with Gasteiger partial charge in [-0.05, 0) is 19.9 Å². The second kappa shape index (κ2) is 7.76. The molecule has 0 aromatic carbocycles. The van der Waals surface area contributed by atoms with Crippen molar-refractivity contribution in [3.05, 3.63) is 35.9 Å². The average molecular weight is 429 g/mol. The Hall–Kier alpha value is -2.28. The number of anilines is 1. The molecule has 2 aromatic heterocycles. The van der Waals surface area contributed by atoms with Gasteiger partial charge in [-0.3, -0.25) is 4.68 Å². The Morgan fingerprint density at radius 2 is 2.07 bits per heavy atom. The van der Waals surface area contributed by atoms with Gasteiger partial charge in [-0.15, -0.1) is 0 Å². The number of alkyl halides is 3. The van der Waals surface area contributed by atoms with Crippen molar-refractivity contribution in [1.82, 2.24) is 19.7 Å². The van der Waals surface area contributed by atoms with Gasteiger partial charge in [0.2, 0.25) is 5.95 Å². The van der Waals surface area contributed by atoms with E-state index in [1.807, 2.05) is 0 Å². The van der Waals surface area contributed by atoms with Crippen LogP contribution in [0.5, 0.6) is 0 Å². The van der Waals surface area contributed by atoms with E-state index in [9.17, 15) is 18.3 Å². The van der Waals surface area contributed by atoms with Gasteiger partial charge in [0.25, 0.3) is 0 Å². The first-order valence-electron chi connectivity index (χ1n) is 9.41. The molecular formula is C18H22F3N5O4. The monoisotopic (exact) mass is 429 g/mol. The van der Waals surface area contributed by atoms with Crippen molar-refractivity contribution < 1.29 is 32.5 Å². The molecule has 0 bridgehead atoms. The topological polar surface area (TPSA) is 104 Å². The Kier molecular flexibility index (Phi) is 5.43. The SMILES string of the molecule is CC1(C)O[C@@H]2[C@H](O1)[C@@H](Nc1nccc(C(F)(F)F)n1)CO[C@@H]2Cn1cc(CO)cn1. The number of ether oxygens (including phenoxy) is 3. The minimum absolute atomic E-state index is 0.118. The molecule has 0 spiro atoms. The third-order valence-electron chi connectivity index (χ3n) is 4.91. The van der Waals surface area contributed by atoms with Crippen LogP contribution in [0, 0.1) is 0 Å². The van der Waals surface area contributed by atoms with Crippen LogP contribution in [0.2, 0.25) is 0 Å². The molecule has 2 aliphatic rings. The molecule has 0 amide bonds. The average Bonchev–Trinajstić information content (AvgIpc) is 3.26. The van der Waals surface area contributed by atoms with E-state index >= 15 is 0 Å². The number of fused-ring (bicyclic) bond motifs is 1. The third-order valence-corrected chi connectivity index (χ3v) is 4.91. The molecule has 12 heteroatoms. The molecule has 4 heterocycles. The van der Waals surface area contributed by atoms with Gasteiger partial charge in [-0.1, -0.05) is 0 Å². The molecule has 2 saturated heterocycles. The van der Waals surface area contributed by atoms with Crippen LogP contribution in [0.4, 0.5) is 19.1 Å². The smallest absolute Gasteiger partial charge is 0.392 e. The van der Waals surface area contributed by atoms with Crippen molar-refractivity contribution in [1.29, 1.82) is 0 Å². The molecule has 164 valence electrons. The molecule has 30 heavy (non-hydrogen) atoms. The summed E-state index contributed by atoms with van der Waals surface area (Å²) in [6.45, 7) is 3.93. The van der Waals surface area contributed by atoms with Gasteiger partial charge < -0.3 is 24.6 Å². The summed E-state index contributed by atoms with van der Waals surface area (Å²) in [5.74, 6) is -1.06. The van der Waals surface area contributed by atoms with Gasteiger partial charge in [-0.25, -0.2) is 9.97 Å². The van der Waals surface area contributed by atoms with Crippen LogP contribution in [0.25, 0.3) is 0 Å². The fraction of sp³-hybridized carbons (Fsp3) is 0.611. The van der Waals surface area contributed by atoms with Gasteiger partial charge in [0.1, 0.15) is 24.0 Å². The first kappa shape index (κ1) is 21.0. The Bertz CT molecular complexity index is 891. The molecule has 0 radical (unpaired) electrons. The predicted molar refractivity (Wildman–Crippen MR) is 96.2 cm³/mol. The number of rotatable bonds is 5. The number of nitrogens with zero attached hydrogens (tertiary/aromatic N) is 4. The van der Waals surface area contributed by atoms with E-state index in [2.05, 4.69) is 20.4 Å². The number of aromatic nitrogens is 4. The highest BCUT2D eigenvalue weighted by atomic mass is 19.4. The lowest BCUT2D eigenvalue weighted by molar-refractivity contribution is -0.155. The second-order valence-corrected chi connectivity index (χ2v) is 7.68. The van der Waals surface area contributed by atoms with Crippen LogP contribution < -0.4 is 5.32 Å². The van der Waals surface area contributed by atoms with E-state index in [4.69, 9.17) is 14.2 Å². The molecular weight excluding hydrogens is 407 g/mol. The van der Waals surface area contributed by atoms with Gasteiger partial charge in [0.15, 0.2) is 5.79 Å². The quantitative estimate of drug-likeness (QED) is 0.739. The number of hydrogen-bond acceptors (Lipinski definition) is 8. The van der Waals surface area contributed by atoms with E-state index in [0.717, 1.165) is 12.3 Å². The van der Waals surface area contributed by atoms with E-state index in [1.54, 1.807) is 30.9 Å². The van der Waals surface area contributed by atoms with Gasteiger partial charge in [0, 0.05) is 18.0 Å². The molecule has 0 unspecified atom stereocenters. The summed E-state index contributed by atoms with van der Waals surface area (Å²) in [5.41, 5.74) is -0.360. The zero-order valence-electron chi connectivity index (χ0n) is 16.3. The van der Waals surface area contributed by atoms with Crippen LogP contribution in [0.15, 0.2) is 24.7 Å².